The normalized spacial score (nSPS) is 20.4. The van der Waals surface area contributed by atoms with Crippen LogP contribution in [-0.2, 0) is 14.3 Å². The standard InChI is InChI=1S/C16H26N2O3/c1-4-21-16(20)13-10-18(12-8-6-5-7-9-12)15(19)14(13)17-11(2)3/h11-12,17H,4-10H2,1-3H3. The highest BCUT2D eigenvalue weighted by atomic mass is 16.5. The van der Waals surface area contributed by atoms with E-state index in [2.05, 4.69) is 5.32 Å². The molecule has 1 amide bonds. The largest absolute Gasteiger partial charge is 0.463 e. The SMILES string of the molecule is CCOC(=O)C1=C(NC(C)C)C(=O)N(C2CCCCC2)C1. The van der Waals surface area contributed by atoms with Crippen molar-refractivity contribution < 1.29 is 14.3 Å². The number of nitrogens with zero attached hydrogens (tertiary/aromatic N) is 1. The van der Waals surface area contributed by atoms with Crippen molar-refractivity contribution in [3.8, 4) is 0 Å². The maximum Gasteiger partial charge on any atom is 0.338 e. The molecule has 0 spiro atoms. The fourth-order valence-electron chi connectivity index (χ4n) is 3.10. The van der Waals surface area contributed by atoms with Crippen LogP contribution in [0, 0.1) is 0 Å². The second-order valence-corrected chi connectivity index (χ2v) is 6.10. The molecule has 1 heterocycles. The molecule has 0 aromatic carbocycles. The molecule has 0 radical (unpaired) electrons. The Morgan fingerprint density at radius 2 is 2.00 bits per heavy atom. The summed E-state index contributed by atoms with van der Waals surface area (Å²) in [6.45, 7) is 6.43. The zero-order valence-electron chi connectivity index (χ0n) is 13.3. The van der Waals surface area contributed by atoms with Gasteiger partial charge in [0.15, 0.2) is 0 Å². The molecule has 0 unspecified atom stereocenters. The van der Waals surface area contributed by atoms with Crippen molar-refractivity contribution in [1.29, 1.82) is 0 Å². The van der Waals surface area contributed by atoms with Gasteiger partial charge in [-0.2, -0.15) is 0 Å². The van der Waals surface area contributed by atoms with Gasteiger partial charge in [0.25, 0.3) is 5.91 Å². The minimum absolute atomic E-state index is 0.0429. The van der Waals surface area contributed by atoms with Gasteiger partial charge in [0.2, 0.25) is 0 Å². The summed E-state index contributed by atoms with van der Waals surface area (Å²) >= 11 is 0. The topological polar surface area (TPSA) is 58.6 Å². The van der Waals surface area contributed by atoms with Crippen LogP contribution in [0.5, 0.6) is 0 Å². The molecule has 118 valence electrons. The Kier molecular flexibility index (Phi) is 5.26. The first-order valence-electron chi connectivity index (χ1n) is 8.02. The third kappa shape index (κ3) is 3.57. The molecular weight excluding hydrogens is 268 g/mol. The van der Waals surface area contributed by atoms with Gasteiger partial charge in [-0.15, -0.1) is 0 Å². The molecule has 0 aromatic rings. The van der Waals surface area contributed by atoms with E-state index < -0.39 is 0 Å². The average Bonchev–Trinajstić information content (AvgIpc) is 2.77. The molecule has 1 N–H and O–H groups in total. The lowest BCUT2D eigenvalue weighted by Gasteiger charge is -2.31. The van der Waals surface area contributed by atoms with Crippen molar-refractivity contribution in [2.24, 2.45) is 0 Å². The Morgan fingerprint density at radius 1 is 1.33 bits per heavy atom. The van der Waals surface area contributed by atoms with E-state index in [0.717, 1.165) is 25.7 Å². The molecule has 2 aliphatic rings. The number of nitrogens with one attached hydrogen (secondary N) is 1. The number of esters is 1. The Morgan fingerprint density at radius 3 is 2.57 bits per heavy atom. The first-order valence-corrected chi connectivity index (χ1v) is 8.02. The maximum atomic E-state index is 12.7. The summed E-state index contributed by atoms with van der Waals surface area (Å²) in [4.78, 5) is 26.6. The molecule has 1 aliphatic heterocycles. The minimum Gasteiger partial charge on any atom is -0.463 e. The van der Waals surface area contributed by atoms with Gasteiger partial charge in [0.1, 0.15) is 5.70 Å². The van der Waals surface area contributed by atoms with Crippen LogP contribution in [0.25, 0.3) is 0 Å². The van der Waals surface area contributed by atoms with Crippen molar-refractivity contribution in [2.45, 2.75) is 65.0 Å². The highest BCUT2D eigenvalue weighted by Crippen LogP contribution is 2.29. The smallest absolute Gasteiger partial charge is 0.338 e. The van der Waals surface area contributed by atoms with E-state index in [0.29, 0.717) is 24.4 Å². The van der Waals surface area contributed by atoms with Crippen molar-refractivity contribution >= 4 is 11.9 Å². The Balaban J connectivity index is 2.18. The molecule has 5 nitrogen and oxygen atoms in total. The van der Waals surface area contributed by atoms with Crippen LogP contribution in [0.4, 0.5) is 0 Å². The van der Waals surface area contributed by atoms with E-state index in [-0.39, 0.29) is 24.0 Å². The average molecular weight is 294 g/mol. The predicted octanol–water partition coefficient (Wildman–Crippen LogP) is 1.98. The van der Waals surface area contributed by atoms with Crippen LogP contribution < -0.4 is 5.32 Å². The molecule has 0 bridgehead atoms. The molecule has 0 aromatic heterocycles. The van der Waals surface area contributed by atoms with Crippen LogP contribution in [0.1, 0.15) is 52.9 Å². The number of rotatable bonds is 5. The fraction of sp³-hybridized carbons (Fsp3) is 0.750. The molecule has 1 aliphatic carbocycles. The van der Waals surface area contributed by atoms with Gasteiger partial charge in [-0.25, -0.2) is 4.79 Å². The van der Waals surface area contributed by atoms with Crippen LogP contribution in [0.3, 0.4) is 0 Å². The lowest BCUT2D eigenvalue weighted by atomic mass is 9.94. The molecule has 1 fully saturated rings. The van der Waals surface area contributed by atoms with Crippen molar-refractivity contribution in [3.05, 3.63) is 11.3 Å². The first-order chi connectivity index (χ1) is 10.0. The number of amides is 1. The third-order valence-corrected chi connectivity index (χ3v) is 4.08. The highest BCUT2D eigenvalue weighted by Gasteiger charge is 2.38. The van der Waals surface area contributed by atoms with Gasteiger partial charge in [0.05, 0.1) is 18.7 Å². The molecule has 0 saturated heterocycles. The summed E-state index contributed by atoms with van der Waals surface area (Å²) in [6, 6.07) is 0.377. The van der Waals surface area contributed by atoms with Gasteiger partial charge >= 0.3 is 5.97 Å². The Labute approximate surface area is 126 Å². The summed E-state index contributed by atoms with van der Waals surface area (Å²) in [5, 5.41) is 3.14. The number of carbonyl (C=O) groups is 2. The summed E-state index contributed by atoms with van der Waals surface area (Å²) in [5.41, 5.74) is 0.926. The quantitative estimate of drug-likeness (QED) is 0.788. The molecular formula is C16H26N2O3. The fourth-order valence-corrected chi connectivity index (χ4v) is 3.10. The molecule has 1 saturated carbocycles. The number of hydrogen-bond donors (Lipinski definition) is 1. The second kappa shape index (κ2) is 6.96. The van der Waals surface area contributed by atoms with Crippen molar-refractivity contribution in [2.75, 3.05) is 13.2 Å². The minimum atomic E-state index is -0.368. The monoisotopic (exact) mass is 294 g/mol. The van der Waals surface area contributed by atoms with Gasteiger partial charge in [-0.05, 0) is 33.6 Å². The zero-order chi connectivity index (χ0) is 15.4. The first kappa shape index (κ1) is 15.9. The van der Waals surface area contributed by atoms with E-state index >= 15 is 0 Å². The predicted molar refractivity (Wildman–Crippen MR) is 80.5 cm³/mol. The van der Waals surface area contributed by atoms with Crippen LogP contribution in [-0.4, -0.2) is 42.0 Å². The van der Waals surface area contributed by atoms with Crippen LogP contribution >= 0.6 is 0 Å². The zero-order valence-corrected chi connectivity index (χ0v) is 13.3. The maximum absolute atomic E-state index is 12.7. The summed E-state index contributed by atoms with van der Waals surface area (Å²) < 4.78 is 5.11. The highest BCUT2D eigenvalue weighted by molar-refractivity contribution is 6.06. The summed E-state index contributed by atoms with van der Waals surface area (Å²) in [5.74, 6) is -0.411. The lowest BCUT2D eigenvalue weighted by molar-refractivity contribution is -0.138. The van der Waals surface area contributed by atoms with E-state index in [9.17, 15) is 9.59 Å². The number of hydrogen-bond acceptors (Lipinski definition) is 4. The van der Waals surface area contributed by atoms with Crippen LogP contribution in [0.2, 0.25) is 0 Å². The van der Waals surface area contributed by atoms with Crippen molar-refractivity contribution in [1.82, 2.24) is 10.2 Å². The second-order valence-electron chi connectivity index (χ2n) is 6.10. The van der Waals surface area contributed by atoms with Crippen LogP contribution in [0.15, 0.2) is 11.3 Å². The van der Waals surface area contributed by atoms with Gasteiger partial charge in [-0.1, -0.05) is 19.3 Å². The molecule has 5 heteroatoms. The summed E-state index contributed by atoms with van der Waals surface area (Å²) in [6.07, 6.45) is 5.65. The molecule has 2 rings (SSSR count). The lowest BCUT2D eigenvalue weighted by Crippen LogP contribution is -2.41. The number of ether oxygens (including phenoxy) is 1. The van der Waals surface area contributed by atoms with Gasteiger partial charge in [0, 0.05) is 12.1 Å². The summed E-state index contributed by atoms with van der Waals surface area (Å²) in [7, 11) is 0. The van der Waals surface area contributed by atoms with E-state index in [1.165, 1.54) is 6.42 Å². The van der Waals surface area contributed by atoms with E-state index in [1.54, 1.807) is 6.92 Å². The van der Waals surface area contributed by atoms with Gasteiger partial charge in [-0.3, -0.25) is 4.79 Å². The van der Waals surface area contributed by atoms with E-state index in [4.69, 9.17) is 4.74 Å². The van der Waals surface area contributed by atoms with Crippen molar-refractivity contribution in [3.63, 3.8) is 0 Å². The third-order valence-electron chi connectivity index (χ3n) is 4.08. The Bertz CT molecular complexity index is 437. The molecule has 21 heavy (non-hydrogen) atoms. The molecule has 0 atom stereocenters. The van der Waals surface area contributed by atoms with E-state index in [1.807, 2.05) is 18.7 Å². The Hall–Kier alpha value is -1.52. The van der Waals surface area contributed by atoms with Gasteiger partial charge < -0.3 is 15.0 Å². The number of carbonyl (C=O) groups excluding carboxylic acids is 2.